The van der Waals surface area contributed by atoms with E-state index in [2.05, 4.69) is 42.4 Å². The van der Waals surface area contributed by atoms with Crippen molar-refractivity contribution in [3.63, 3.8) is 0 Å². The maximum atomic E-state index is 5.30. The van der Waals surface area contributed by atoms with Crippen LogP contribution in [0, 0.1) is 12.8 Å². The van der Waals surface area contributed by atoms with Crippen LogP contribution in [0.4, 0.5) is 0 Å². The topological polar surface area (TPSA) is 24.5 Å². The Morgan fingerprint density at radius 3 is 2.89 bits per heavy atom. The van der Waals surface area contributed by atoms with Gasteiger partial charge in [-0.1, -0.05) is 12.1 Å². The third-order valence-corrected chi connectivity index (χ3v) is 3.97. The number of ether oxygens (including phenoxy) is 1. The Kier molecular flexibility index (Phi) is 5.23. The molecule has 3 nitrogen and oxygen atoms in total. The van der Waals surface area contributed by atoms with E-state index in [1.807, 2.05) is 0 Å². The Morgan fingerprint density at radius 1 is 1.42 bits per heavy atom. The normalized spacial score (nSPS) is 19.1. The zero-order valence-electron chi connectivity index (χ0n) is 12.4. The first-order valence-electron chi connectivity index (χ1n) is 7.22. The summed E-state index contributed by atoms with van der Waals surface area (Å²) in [5.41, 5.74) is 2.62. The number of likely N-dealkylation sites (N-methyl/N-ethyl adjacent to an activating group) is 1. The molecule has 3 heteroatoms. The fraction of sp³-hybridized carbons (Fsp3) is 0.625. The van der Waals surface area contributed by atoms with Gasteiger partial charge in [0.2, 0.25) is 0 Å². The summed E-state index contributed by atoms with van der Waals surface area (Å²) in [7, 11) is 3.96. The van der Waals surface area contributed by atoms with Gasteiger partial charge < -0.3 is 15.0 Å². The van der Waals surface area contributed by atoms with E-state index in [9.17, 15) is 0 Å². The molecule has 1 heterocycles. The smallest absolute Gasteiger partial charge is 0.121 e. The lowest BCUT2D eigenvalue weighted by Gasteiger charge is -2.20. The van der Waals surface area contributed by atoms with Gasteiger partial charge in [0.25, 0.3) is 0 Å². The van der Waals surface area contributed by atoms with Gasteiger partial charge in [0.1, 0.15) is 5.75 Å². The minimum atomic E-state index is 0.836. The number of hydrogen-bond donors (Lipinski definition) is 1. The molecule has 1 aliphatic rings. The van der Waals surface area contributed by atoms with Gasteiger partial charge in [-0.3, -0.25) is 0 Å². The summed E-state index contributed by atoms with van der Waals surface area (Å²) in [4.78, 5) is 2.46. The first-order valence-corrected chi connectivity index (χ1v) is 7.22. The fourth-order valence-electron chi connectivity index (χ4n) is 2.82. The van der Waals surface area contributed by atoms with Crippen molar-refractivity contribution < 1.29 is 4.74 Å². The molecule has 1 saturated heterocycles. The van der Waals surface area contributed by atoms with Crippen LogP contribution >= 0.6 is 0 Å². The van der Waals surface area contributed by atoms with Crippen molar-refractivity contribution in [1.82, 2.24) is 10.2 Å². The standard InChI is InChI=1S/C16H26N2O/c1-13-10-14(4-5-16(13)19-3)7-9-18(2)12-15-6-8-17-11-15/h4-5,10,15,17H,6-9,11-12H2,1-3H3. The van der Waals surface area contributed by atoms with Crippen molar-refractivity contribution in [2.24, 2.45) is 5.92 Å². The molecule has 0 bridgehead atoms. The highest BCUT2D eigenvalue weighted by Crippen LogP contribution is 2.19. The second-order valence-corrected chi connectivity index (χ2v) is 5.68. The zero-order chi connectivity index (χ0) is 13.7. The van der Waals surface area contributed by atoms with E-state index in [4.69, 9.17) is 4.74 Å². The maximum Gasteiger partial charge on any atom is 0.121 e. The maximum absolute atomic E-state index is 5.30. The number of nitrogens with one attached hydrogen (secondary N) is 1. The minimum Gasteiger partial charge on any atom is -0.496 e. The molecule has 1 aromatic rings. The Balaban J connectivity index is 1.79. The SMILES string of the molecule is COc1ccc(CCN(C)CC2CCNC2)cc1C. The third kappa shape index (κ3) is 4.22. The number of aryl methyl sites for hydroxylation is 1. The molecule has 19 heavy (non-hydrogen) atoms. The summed E-state index contributed by atoms with van der Waals surface area (Å²) in [6.45, 7) is 6.82. The molecule has 1 N–H and O–H groups in total. The highest BCUT2D eigenvalue weighted by molar-refractivity contribution is 5.36. The number of rotatable bonds is 6. The van der Waals surface area contributed by atoms with Crippen LogP contribution in [-0.4, -0.2) is 45.2 Å². The van der Waals surface area contributed by atoms with Gasteiger partial charge in [0.15, 0.2) is 0 Å². The quantitative estimate of drug-likeness (QED) is 0.849. The van der Waals surface area contributed by atoms with Crippen LogP contribution in [0.25, 0.3) is 0 Å². The van der Waals surface area contributed by atoms with E-state index < -0.39 is 0 Å². The summed E-state index contributed by atoms with van der Waals surface area (Å²) in [6, 6.07) is 6.49. The number of nitrogens with zero attached hydrogens (tertiary/aromatic N) is 1. The van der Waals surface area contributed by atoms with Gasteiger partial charge in [-0.15, -0.1) is 0 Å². The largest absolute Gasteiger partial charge is 0.496 e. The molecular formula is C16H26N2O. The van der Waals surface area contributed by atoms with Crippen LogP contribution in [0.2, 0.25) is 0 Å². The average Bonchev–Trinajstić information content (AvgIpc) is 2.89. The van der Waals surface area contributed by atoms with E-state index in [0.717, 1.165) is 24.6 Å². The summed E-state index contributed by atoms with van der Waals surface area (Å²) in [6.07, 6.45) is 2.44. The van der Waals surface area contributed by atoms with E-state index in [1.54, 1.807) is 7.11 Å². The van der Waals surface area contributed by atoms with Crippen molar-refractivity contribution in [2.75, 3.05) is 40.3 Å². The van der Waals surface area contributed by atoms with Crippen LogP contribution in [-0.2, 0) is 6.42 Å². The Labute approximate surface area is 116 Å². The molecule has 1 fully saturated rings. The van der Waals surface area contributed by atoms with Crippen molar-refractivity contribution in [3.8, 4) is 5.75 Å². The first-order chi connectivity index (χ1) is 9.19. The number of methoxy groups -OCH3 is 1. The molecule has 1 unspecified atom stereocenters. The summed E-state index contributed by atoms with van der Waals surface area (Å²) < 4.78 is 5.30. The highest BCUT2D eigenvalue weighted by atomic mass is 16.5. The summed E-state index contributed by atoms with van der Waals surface area (Å²) >= 11 is 0. The summed E-state index contributed by atoms with van der Waals surface area (Å²) in [5.74, 6) is 1.82. The van der Waals surface area contributed by atoms with Gasteiger partial charge in [-0.25, -0.2) is 0 Å². The average molecular weight is 262 g/mol. The predicted molar refractivity (Wildman–Crippen MR) is 79.9 cm³/mol. The minimum absolute atomic E-state index is 0.836. The second-order valence-electron chi connectivity index (χ2n) is 5.68. The van der Waals surface area contributed by atoms with Gasteiger partial charge in [-0.2, -0.15) is 0 Å². The lowest BCUT2D eigenvalue weighted by Crippen LogP contribution is -2.28. The van der Waals surface area contributed by atoms with E-state index in [0.29, 0.717) is 0 Å². The van der Waals surface area contributed by atoms with Crippen LogP contribution in [0.3, 0.4) is 0 Å². The van der Waals surface area contributed by atoms with E-state index >= 15 is 0 Å². The van der Waals surface area contributed by atoms with Crippen LogP contribution in [0.15, 0.2) is 18.2 Å². The molecule has 1 aliphatic heterocycles. The number of hydrogen-bond acceptors (Lipinski definition) is 3. The fourth-order valence-corrected chi connectivity index (χ4v) is 2.82. The zero-order valence-corrected chi connectivity index (χ0v) is 12.4. The van der Waals surface area contributed by atoms with Crippen LogP contribution in [0.5, 0.6) is 5.75 Å². The first kappa shape index (κ1) is 14.4. The van der Waals surface area contributed by atoms with Crippen LogP contribution in [0.1, 0.15) is 17.5 Å². The molecule has 0 amide bonds. The molecule has 0 saturated carbocycles. The van der Waals surface area contributed by atoms with Gasteiger partial charge >= 0.3 is 0 Å². The molecule has 1 aromatic carbocycles. The monoisotopic (exact) mass is 262 g/mol. The van der Waals surface area contributed by atoms with E-state index in [-0.39, 0.29) is 0 Å². The van der Waals surface area contributed by atoms with Crippen molar-refractivity contribution >= 4 is 0 Å². The lowest BCUT2D eigenvalue weighted by atomic mass is 10.1. The van der Waals surface area contributed by atoms with Gasteiger partial charge in [0.05, 0.1) is 7.11 Å². The Hall–Kier alpha value is -1.06. The highest BCUT2D eigenvalue weighted by Gasteiger charge is 2.16. The Bertz CT molecular complexity index is 400. The van der Waals surface area contributed by atoms with Crippen molar-refractivity contribution in [2.45, 2.75) is 19.8 Å². The van der Waals surface area contributed by atoms with Crippen molar-refractivity contribution in [3.05, 3.63) is 29.3 Å². The van der Waals surface area contributed by atoms with E-state index in [1.165, 1.54) is 37.2 Å². The molecule has 0 aromatic heterocycles. The molecule has 0 aliphatic carbocycles. The van der Waals surface area contributed by atoms with Crippen molar-refractivity contribution in [1.29, 1.82) is 0 Å². The number of benzene rings is 1. The molecule has 0 radical (unpaired) electrons. The van der Waals surface area contributed by atoms with Gasteiger partial charge in [-0.05, 0) is 63.0 Å². The second kappa shape index (κ2) is 6.92. The van der Waals surface area contributed by atoms with Gasteiger partial charge in [0, 0.05) is 13.1 Å². The molecular weight excluding hydrogens is 236 g/mol. The molecule has 106 valence electrons. The van der Waals surface area contributed by atoms with Crippen LogP contribution < -0.4 is 10.1 Å². The predicted octanol–water partition coefficient (Wildman–Crippen LogP) is 2.09. The molecule has 2 rings (SSSR count). The lowest BCUT2D eigenvalue weighted by molar-refractivity contribution is 0.288. The third-order valence-electron chi connectivity index (χ3n) is 3.97. The summed E-state index contributed by atoms with van der Waals surface area (Å²) in [5, 5.41) is 3.43. The molecule has 0 spiro atoms. The Morgan fingerprint density at radius 2 is 2.26 bits per heavy atom. The molecule has 1 atom stereocenters.